The third-order valence-corrected chi connectivity index (χ3v) is 6.29. The Morgan fingerprint density at radius 1 is 1.16 bits per heavy atom. The Labute approximate surface area is 184 Å². The van der Waals surface area contributed by atoms with Gasteiger partial charge >= 0.3 is 5.97 Å². The van der Waals surface area contributed by atoms with Crippen LogP contribution in [0.3, 0.4) is 0 Å². The summed E-state index contributed by atoms with van der Waals surface area (Å²) in [6, 6.07) is 17.0. The number of ether oxygens (including phenoxy) is 1. The molecule has 2 aromatic carbocycles. The Bertz CT molecular complexity index is 1110. The van der Waals surface area contributed by atoms with Gasteiger partial charge in [0.05, 0.1) is 6.42 Å². The normalized spacial score (nSPS) is 24.0. The van der Waals surface area contributed by atoms with Gasteiger partial charge in [-0.1, -0.05) is 41.9 Å². The molecule has 0 spiro atoms. The number of hydrogen-bond acceptors (Lipinski definition) is 3. The zero-order valence-electron chi connectivity index (χ0n) is 16.8. The van der Waals surface area contributed by atoms with Crippen molar-refractivity contribution in [3.63, 3.8) is 0 Å². The van der Waals surface area contributed by atoms with E-state index in [0.717, 1.165) is 35.0 Å². The van der Waals surface area contributed by atoms with Crippen LogP contribution in [0.2, 0.25) is 5.02 Å². The number of fused-ring (bicyclic) bond motifs is 1. The lowest BCUT2D eigenvalue weighted by atomic mass is 9.94. The number of aliphatic carboxylic acids is 1. The quantitative estimate of drug-likeness (QED) is 0.583. The van der Waals surface area contributed by atoms with Gasteiger partial charge in [-0.05, 0) is 54.0 Å². The monoisotopic (exact) mass is 438 g/mol. The number of morpholine rings is 1. The number of aromatic amines is 1. The first-order valence-corrected chi connectivity index (χ1v) is 10.9. The molecule has 31 heavy (non-hydrogen) atoms. The highest BCUT2D eigenvalue weighted by Gasteiger charge is 2.46. The molecular weight excluding hydrogens is 416 g/mol. The highest BCUT2D eigenvalue weighted by Crippen LogP contribution is 2.45. The average molecular weight is 439 g/mol. The van der Waals surface area contributed by atoms with Crippen molar-refractivity contribution in [2.24, 2.45) is 5.92 Å². The molecule has 2 aliphatic rings. The predicted molar refractivity (Wildman–Crippen MR) is 117 cm³/mol. The van der Waals surface area contributed by atoms with Gasteiger partial charge in [-0.3, -0.25) is 9.59 Å². The van der Waals surface area contributed by atoms with E-state index in [1.54, 1.807) is 6.07 Å². The Morgan fingerprint density at radius 3 is 2.68 bits per heavy atom. The summed E-state index contributed by atoms with van der Waals surface area (Å²) in [5.41, 5.74) is 2.67. The number of aromatic nitrogens is 1. The van der Waals surface area contributed by atoms with Gasteiger partial charge in [0.2, 0.25) is 0 Å². The van der Waals surface area contributed by atoms with Crippen LogP contribution < -0.4 is 0 Å². The van der Waals surface area contributed by atoms with Crippen LogP contribution in [0.4, 0.5) is 0 Å². The first kappa shape index (κ1) is 20.1. The molecule has 0 radical (unpaired) electrons. The number of rotatable bonds is 6. The van der Waals surface area contributed by atoms with Crippen molar-refractivity contribution in [1.29, 1.82) is 0 Å². The molecule has 1 aromatic heterocycles. The molecule has 2 fully saturated rings. The summed E-state index contributed by atoms with van der Waals surface area (Å²) in [7, 11) is 0. The number of amides is 1. The summed E-state index contributed by atoms with van der Waals surface area (Å²) >= 11 is 6.26. The van der Waals surface area contributed by atoms with E-state index in [0.29, 0.717) is 17.5 Å². The fourth-order valence-electron chi connectivity index (χ4n) is 4.40. The van der Waals surface area contributed by atoms with E-state index >= 15 is 0 Å². The molecule has 3 atom stereocenters. The Balaban J connectivity index is 1.62. The van der Waals surface area contributed by atoms with Gasteiger partial charge in [0.15, 0.2) is 0 Å². The maximum absolute atomic E-state index is 13.4. The van der Waals surface area contributed by atoms with E-state index in [1.807, 2.05) is 53.4 Å². The summed E-state index contributed by atoms with van der Waals surface area (Å²) in [5, 5.41) is 11.0. The van der Waals surface area contributed by atoms with Crippen LogP contribution in [-0.2, 0) is 14.3 Å². The highest BCUT2D eigenvalue weighted by atomic mass is 35.5. The maximum Gasteiger partial charge on any atom is 0.306 e. The van der Waals surface area contributed by atoms with Crippen molar-refractivity contribution in [3.05, 3.63) is 70.9 Å². The molecule has 1 aliphatic heterocycles. The van der Waals surface area contributed by atoms with E-state index in [2.05, 4.69) is 4.98 Å². The number of carbonyl (C=O) groups is 2. The van der Waals surface area contributed by atoms with Crippen molar-refractivity contribution in [1.82, 2.24) is 9.88 Å². The molecule has 1 saturated heterocycles. The average Bonchev–Trinajstić information content (AvgIpc) is 3.45. The first-order valence-electron chi connectivity index (χ1n) is 10.5. The Morgan fingerprint density at radius 2 is 1.97 bits per heavy atom. The molecule has 6 nitrogen and oxygen atoms in total. The third-order valence-electron chi connectivity index (χ3n) is 6.05. The highest BCUT2D eigenvalue weighted by molar-refractivity contribution is 6.30. The van der Waals surface area contributed by atoms with Gasteiger partial charge in [0.25, 0.3) is 5.91 Å². The molecule has 1 amide bonds. The Kier molecular flexibility index (Phi) is 5.20. The van der Waals surface area contributed by atoms with Crippen LogP contribution in [0.1, 0.15) is 42.7 Å². The van der Waals surface area contributed by atoms with Gasteiger partial charge in [0, 0.05) is 22.8 Å². The summed E-state index contributed by atoms with van der Waals surface area (Å²) in [6.45, 7) is 0.593. The molecule has 3 aromatic rings. The lowest BCUT2D eigenvalue weighted by Gasteiger charge is -2.44. The fraction of sp³-hybridized carbons (Fsp3) is 0.333. The summed E-state index contributed by atoms with van der Waals surface area (Å²) < 4.78 is 6.20. The molecule has 0 bridgehead atoms. The predicted octanol–water partition coefficient (Wildman–Crippen LogP) is 4.72. The minimum absolute atomic E-state index is 0.267. The summed E-state index contributed by atoms with van der Waals surface area (Å²) in [4.78, 5) is 30.1. The topological polar surface area (TPSA) is 82.6 Å². The molecule has 3 unspecified atom stereocenters. The molecular formula is C24H23ClN2O4. The van der Waals surface area contributed by atoms with Crippen molar-refractivity contribution in [2.45, 2.75) is 37.5 Å². The second-order valence-corrected chi connectivity index (χ2v) is 8.83. The number of carbonyl (C=O) groups excluding carboxylic acids is 1. The Hall–Kier alpha value is -2.83. The van der Waals surface area contributed by atoms with E-state index in [9.17, 15) is 14.7 Å². The van der Waals surface area contributed by atoms with Crippen molar-refractivity contribution >= 4 is 34.4 Å². The maximum atomic E-state index is 13.4. The number of para-hydroxylation sites is 1. The number of hydrogen-bond donors (Lipinski definition) is 2. The van der Waals surface area contributed by atoms with Gasteiger partial charge < -0.3 is 19.7 Å². The van der Waals surface area contributed by atoms with Gasteiger partial charge in [0.1, 0.15) is 18.2 Å². The number of nitrogens with one attached hydrogen (secondary N) is 1. The molecule has 2 N–H and O–H groups in total. The zero-order chi connectivity index (χ0) is 21.5. The molecule has 7 heteroatoms. The SMILES string of the molecule is O=C(O)CC1OC(c2cccc(Cl)c2)C(c2cc3ccccc3[nH]2)N(CC2CC2)C1=O. The number of carboxylic acids is 1. The van der Waals surface area contributed by atoms with Crippen molar-refractivity contribution < 1.29 is 19.4 Å². The summed E-state index contributed by atoms with van der Waals surface area (Å²) in [6.07, 6.45) is 0.231. The molecule has 1 saturated carbocycles. The van der Waals surface area contributed by atoms with Crippen molar-refractivity contribution in [2.75, 3.05) is 6.54 Å². The first-order chi connectivity index (χ1) is 15.0. The van der Waals surface area contributed by atoms with Gasteiger partial charge in [-0.2, -0.15) is 0 Å². The second kappa shape index (κ2) is 8.02. The van der Waals surface area contributed by atoms with Crippen LogP contribution in [-0.4, -0.2) is 39.5 Å². The lowest BCUT2D eigenvalue weighted by molar-refractivity contribution is -0.179. The van der Waals surface area contributed by atoms with E-state index < -0.39 is 24.2 Å². The van der Waals surface area contributed by atoms with Crippen LogP contribution >= 0.6 is 11.6 Å². The minimum atomic E-state index is -1.06. The zero-order valence-corrected chi connectivity index (χ0v) is 17.6. The van der Waals surface area contributed by atoms with Crippen LogP contribution in [0.5, 0.6) is 0 Å². The third kappa shape index (κ3) is 4.05. The van der Waals surface area contributed by atoms with E-state index in [-0.39, 0.29) is 12.3 Å². The van der Waals surface area contributed by atoms with E-state index in [1.165, 1.54) is 0 Å². The summed E-state index contributed by atoms with van der Waals surface area (Å²) in [5.74, 6) is -0.880. The number of nitrogens with zero attached hydrogens (tertiary/aromatic N) is 1. The second-order valence-electron chi connectivity index (χ2n) is 8.39. The van der Waals surface area contributed by atoms with Crippen LogP contribution in [0.15, 0.2) is 54.6 Å². The van der Waals surface area contributed by atoms with Crippen LogP contribution in [0, 0.1) is 5.92 Å². The van der Waals surface area contributed by atoms with Crippen LogP contribution in [0.25, 0.3) is 10.9 Å². The minimum Gasteiger partial charge on any atom is -0.481 e. The molecule has 1 aliphatic carbocycles. The van der Waals surface area contributed by atoms with Gasteiger partial charge in [-0.25, -0.2) is 0 Å². The lowest BCUT2D eigenvalue weighted by Crippen LogP contribution is -2.52. The molecule has 5 rings (SSSR count). The van der Waals surface area contributed by atoms with E-state index in [4.69, 9.17) is 16.3 Å². The number of H-pyrrole nitrogens is 1. The smallest absolute Gasteiger partial charge is 0.306 e. The molecule has 160 valence electrons. The van der Waals surface area contributed by atoms with Crippen molar-refractivity contribution in [3.8, 4) is 0 Å². The number of halogens is 1. The standard InChI is InChI=1S/C24H23ClN2O4/c25-17-6-3-5-16(10-17)23-22(19-11-15-4-1-2-7-18(15)26-19)27(13-14-8-9-14)24(30)20(31-23)12-21(28)29/h1-7,10-11,14,20,22-23,26H,8-9,12-13H2,(H,28,29). The van der Waals surface area contributed by atoms with Gasteiger partial charge in [-0.15, -0.1) is 0 Å². The fourth-order valence-corrected chi connectivity index (χ4v) is 4.60. The number of carboxylic acid groups (broad SMARTS) is 1. The largest absolute Gasteiger partial charge is 0.481 e. The molecule has 2 heterocycles. The number of benzene rings is 2.